The number of aromatic nitrogens is 1. The van der Waals surface area contributed by atoms with Crippen LogP contribution in [0, 0.1) is 12.8 Å². The maximum Gasteiger partial charge on any atom is 0.265 e. The number of nitrogens with zero attached hydrogens (tertiary/aromatic N) is 2. The van der Waals surface area contributed by atoms with Crippen LogP contribution in [0.25, 0.3) is 0 Å². The fraction of sp³-hybridized carbons (Fsp3) is 0.444. The summed E-state index contributed by atoms with van der Waals surface area (Å²) in [4.78, 5) is 19.9. The SMILES string of the molecule is CNC[C@H]1CCN(C(=O)c2sc(COc3ccc(Cl)cc3)nc2C)C1. The minimum absolute atomic E-state index is 0.0892. The molecule has 1 amide bonds. The first-order valence-electron chi connectivity index (χ1n) is 8.35. The quantitative estimate of drug-likeness (QED) is 0.836. The summed E-state index contributed by atoms with van der Waals surface area (Å²) in [6.45, 7) is 4.82. The summed E-state index contributed by atoms with van der Waals surface area (Å²) < 4.78 is 5.73. The van der Waals surface area contributed by atoms with Gasteiger partial charge in [0, 0.05) is 18.1 Å². The molecule has 1 N–H and O–H groups in total. The molecule has 1 aliphatic rings. The summed E-state index contributed by atoms with van der Waals surface area (Å²) >= 11 is 7.29. The van der Waals surface area contributed by atoms with Crippen molar-refractivity contribution in [3.63, 3.8) is 0 Å². The van der Waals surface area contributed by atoms with Gasteiger partial charge in [-0.2, -0.15) is 0 Å². The van der Waals surface area contributed by atoms with Crippen molar-refractivity contribution < 1.29 is 9.53 Å². The first kappa shape index (κ1) is 18.2. The highest BCUT2D eigenvalue weighted by molar-refractivity contribution is 7.13. The monoisotopic (exact) mass is 379 g/mol. The van der Waals surface area contributed by atoms with Gasteiger partial charge in [0.2, 0.25) is 0 Å². The van der Waals surface area contributed by atoms with Crippen LogP contribution >= 0.6 is 22.9 Å². The summed E-state index contributed by atoms with van der Waals surface area (Å²) in [5.74, 6) is 1.36. The van der Waals surface area contributed by atoms with Gasteiger partial charge in [-0.1, -0.05) is 11.6 Å². The van der Waals surface area contributed by atoms with Crippen molar-refractivity contribution in [2.24, 2.45) is 5.92 Å². The molecule has 1 saturated heterocycles. The molecule has 3 rings (SSSR count). The topological polar surface area (TPSA) is 54.5 Å². The van der Waals surface area contributed by atoms with E-state index in [9.17, 15) is 4.79 Å². The maximum absolute atomic E-state index is 12.8. The normalized spacial score (nSPS) is 17.1. The molecule has 5 nitrogen and oxygen atoms in total. The zero-order valence-corrected chi connectivity index (χ0v) is 16.0. The number of halogens is 1. The van der Waals surface area contributed by atoms with Crippen LogP contribution < -0.4 is 10.1 Å². The fourth-order valence-corrected chi connectivity index (χ4v) is 4.08. The van der Waals surface area contributed by atoms with E-state index in [4.69, 9.17) is 16.3 Å². The number of aryl methyl sites for hydroxylation is 1. The van der Waals surface area contributed by atoms with Crippen molar-refractivity contribution in [2.45, 2.75) is 20.0 Å². The fourth-order valence-electron chi connectivity index (χ4n) is 3.00. The predicted molar refractivity (Wildman–Crippen MR) is 101 cm³/mol. The van der Waals surface area contributed by atoms with Gasteiger partial charge in [-0.3, -0.25) is 4.79 Å². The Morgan fingerprint density at radius 1 is 1.44 bits per heavy atom. The van der Waals surface area contributed by atoms with Gasteiger partial charge in [0.15, 0.2) is 0 Å². The number of amides is 1. The summed E-state index contributed by atoms with van der Waals surface area (Å²) in [6, 6.07) is 7.21. The van der Waals surface area contributed by atoms with E-state index in [1.54, 1.807) is 12.1 Å². The van der Waals surface area contributed by atoms with Crippen molar-refractivity contribution in [3.05, 3.63) is 44.9 Å². The molecule has 25 heavy (non-hydrogen) atoms. The molecule has 1 atom stereocenters. The number of hydrogen-bond donors (Lipinski definition) is 1. The van der Waals surface area contributed by atoms with Crippen LogP contribution in [-0.4, -0.2) is 42.5 Å². The van der Waals surface area contributed by atoms with E-state index in [1.165, 1.54) is 11.3 Å². The molecule has 2 aromatic rings. The zero-order chi connectivity index (χ0) is 17.8. The smallest absolute Gasteiger partial charge is 0.265 e. The number of nitrogens with one attached hydrogen (secondary N) is 1. The minimum Gasteiger partial charge on any atom is -0.486 e. The lowest BCUT2D eigenvalue weighted by atomic mass is 10.1. The van der Waals surface area contributed by atoms with Crippen LogP contribution in [0.4, 0.5) is 0 Å². The number of carbonyl (C=O) groups is 1. The average molecular weight is 380 g/mol. The van der Waals surface area contributed by atoms with Gasteiger partial charge in [0.05, 0.1) is 5.69 Å². The molecule has 1 aromatic heterocycles. The lowest BCUT2D eigenvalue weighted by molar-refractivity contribution is 0.0791. The molecular weight excluding hydrogens is 358 g/mol. The predicted octanol–water partition coefficient (Wildman–Crippen LogP) is 3.37. The van der Waals surface area contributed by atoms with E-state index in [2.05, 4.69) is 10.3 Å². The molecule has 2 heterocycles. The third-order valence-electron chi connectivity index (χ3n) is 4.28. The van der Waals surface area contributed by atoms with Crippen LogP contribution in [0.5, 0.6) is 5.75 Å². The van der Waals surface area contributed by atoms with Gasteiger partial charge < -0.3 is 15.0 Å². The van der Waals surface area contributed by atoms with E-state index in [0.29, 0.717) is 17.5 Å². The second kappa shape index (κ2) is 8.17. The number of thiazole rings is 1. The molecule has 134 valence electrons. The third kappa shape index (κ3) is 4.51. The Balaban J connectivity index is 1.62. The Morgan fingerprint density at radius 2 is 2.20 bits per heavy atom. The number of benzene rings is 1. The van der Waals surface area contributed by atoms with Crippen LogP contribution in [0.1, 0.15) is 26.8 Å². The number of carbonyl (C=O) groups excluding carboxylic acids is 1. The highest BCUT2D eigenvalue weighted by Crippen LogP contribution is 2.25. The van der Waals surface area contributed by atoms with E-state index in [-0.39, 0.29) is 5.91 Å². The summed E-state index contributed by atoms with van der Waals surface area (Å²) in [5.41, 5.74) is 0.779. The number of rotatable bonds is 6. The van der Waals surface area contributed by atoms with Crippen molar-refractivity contribution in [3.8, 4) is 5.75 Å². The molecule has 0 saturated carbocycles. The van der Waals surface area contributed by atoms with Gasteiger partial charge in [0.1, 0.15) is 22.2 Å². The summed E-state index contributed by atoms with van der Waals surface area (Å²) in [6.07, 6.45) is 1.05. The molecule has 1 aliphatic heterocycles. The Morgan fingerprint density at radius 3 is 2.92 bits per heavy atom. The molecule has 1 aromatic carbocycles. The first-order valence-corrected chi connectivity index (χ1v) is 9.55. The van der Waals surface area contributed by atoms with Crippen LogP contribution in [0.3, 0.4) is 0 Å². The Hall–Kier alpha value is -1.63. The maximum atomic E-state index is 12.8. The van der Waals surface area contributed by atoms with E-state index < -0.39 is 0 Å². The minimum atomic E-state index is 0.0892. The van der Waals surface area contributed by atoms with Gasteiger partial charge in [-0.05, 0) is 57.1 Å². The van der Waals surface area contributed by atoms with Crippen molar-refractivity contribution in [2.75, 3.05) is 26.7 Å². The zero-order valence-electron chi connectivity index (χ0n) is 14.4. The molecule has 7 heteroatoms. The third-order valence-corrected chi connectivity index (χ3v) is 5.65. The molecule has 0 unspecified atom stereocenters. The van der Waals surface area contributed by atoms with Crippen molar-refractivity contribution >= 4 is 28.8 Å². The average Bonchev–Trinajstić information content (AvgIpc) is 3.21. The summed E-state index contributed by atoms with van der Waals surface area (Å²) in [5, 5.41) is 4.67. The van der Waals surface area contributed by atoms with E-state index in [0.717, 1.165) is 47.4 Å². The molecule has 0 aliphatic carbocycles. The Bertz CT molecular complexity index is 732. The largest absolute Gasteiger partial charge is 0.486 e. The van der Waals surface area contributed by atoms with E-state index in [1.807, 2.05) is 31.0 Å². The second-order valence-corrected chi connectivity index (χ2v) is 7.75. The molecule has 0 radical (unpaired) electrons. The highest BCUT2D eigenvalue weighted by Gasteiger charge is 2.28. The van der Waals surface area contributed by atoms with Crippen molar-refractivity contribution in [1.82, 2.24) is 15.2 Å². The van der Waals surface area contributed by atoms with Crippen LogP contribution in [0.2, 0.25) is 5.02 Å². The second-order valence-electron chi connectivity index (χ2n) is 6.23. The van der Waals surface area contributed by atoms with Gasteiger partial charge >= 0.3 is 0 Å². The van der Waals surface area contributed by atoms with Gasteiger partial charge in [-0.25, -0.2) is 4.98 Å². The van der Waals surface area contributed by atoms with Crippen LogP contribution in [-0.2, 0) is 6.61 Å². The Kier molecular flexibility index (Phi) is 5.93. The van der Waals surface area contributed by atoms with Gasteiger partial charge in [-0.15, -0.1) is 11.3 Å². The standard InChI is InChI=1S/C18H22ClN3O2S/c1-12-17(18(23)22-8-7-13(10-22)9-20-2)25-16(21-12)11-24-15-5-3-14(19)4-6-15/h3-6,13,20H,7-11H2,1-2H3/t13-/m1/s1. The molecular formula is C18H22ClN3O2S. The highest BCUT2D eigenvalue weighted by atomic mass is 35.5. The van der Waals surface area contributed by atoms with Gasteiger partial charge in [0.25, 0.3) is 5.91 Å². The molecule has 0 bridgehead atoms. The summed E-state index contributed by atoms with van der Waals surface area (Å²) in [7, 11) is 1.95. The lowest BCUT2D eigenvalue weighted by Gasteiger charge is -2.15. The number of ether oxygens (including phenoxy) is 1. The first-order chi connectivity index (χ1) is 12.1. The van der Waals surface area contributed by atoms with Crippen molar-refractivity contribution in [1.29, 1.82) is 0 Å². The number of hydrogen-bond acceptors (Lipinski definition) is 5. The van der Waals surface area contributed by atoms with E-state index >= 15 is 0 Å². The molecule has 0 spiro atoms. The lowest BCUT2D eigenvalue weighted by Crippen LogP contribution is -2.30. The van der Waals surface area contributed by atoms with Crippen LogP contribution in [0.15, 0.2) is 24.3 Å². The molecule has 1 fully saturated rings. The Labute approximate surface area is 157 Å². The number of likely N-dealkylation sites (tertiary alicyclic amines) is 1.